The van der Waals surface area contributed by atoms with Crippen molar-refractivity contribution in [3.05, 3.63) is 45.3 Å². The maximum Gasteiger partial charge on any atom is 0.324 e. The molecule has 3 aromatic rings. The molecule has 11 heteroatoms. The fourth-order valence-corrected chi connectivity index (χ4v) is 4.71. The van der Waals surface area contributed by atoms with Crippen LogP contribution in [0.2, 0.25) is 0 Å². The Hall–Kier alpha value is -3.02. The number of ether oxygens (including phenoxy) is 2. The first kappa shape index (κ1) is 23.6. The number of anilines is 1. The van der Waals surface area contributed by atoms with Crippen LogP contribution in [0, 0.1) is 10.1 Å². The summed E-state index contributed by atoms with van der Waals surface area (Å²) in [6.45, 7) is 1.30. The molecular weight excluding hydrogens is 452 g/mol. The maximum absolute atomic E-state index is 13.1. The SMILES string of the molecule is COc1cc2nc(N(CCCN(C)C)C(=O)/C=C/c3ccc([N+](=O)[O-])s3)sc2cc1OC. The molecule has 0 saturated heterocycles. The second kappa shape index (κ2) is 10.5. The number of carbonyl (C=O) groups excluding carboxylic acids is 1. The van der Waals surface area contributed by atoms with Gasteiger partial charge in [0.1, 0.15) is 0 Å². The van der Waals surface area contributed by atoms with Gasteiger partial charge in [-0.2, -0.15) is 0 Å². The molecule has 170 valence electrons. The van der Waals surface area contributed by atoms with E-state index >= 15 is 0 Å². The minimum absolute atomic E-state index is 0.0361. The third-order valence-electron chi connectivity index (χ3n) is 4.55. The predicted molar refractivity (Wildman–Crippen MR) is 128 cm³/mol. The lowest BCUT2D eigenvalue weighted by Crippen LogP contribution is -2.32. The number of fused-ring (bicyclic) bond motifs is 1. The van der Waals surface area contributed by atoms with E-state index < -0.39 is 4.92 Å². The number of benzene rings is 1. The van der Waals surface area contributed by atoms with Crippen LogP contribution in [0.5, 0.6) is 11.5 Å². The van der Waals surface area contributed by atoms with Gasteiger partial charge >= 0.3 is 5.00 Å². The Balaban J connectivity index is 1.89. The van der Waals surface area contributed by atoms with Gasteiger partial charge in [0.05, 0.1) is 29.4 Å². The Morgan fingerprint density at radius 3 is 2.50 bits per heavy atom. The molecular formula is C21H24N4O5S2. The van der Waals surface area contributed by atoms with Gasteiger partial charge in [-0.15, -0.1) is 0 Å². The molecule has 0 bridgehead atoms. The lowest BCUT2D eigenvalue weighted by Gasteiger charge is -2.19. The number of rotatable bonds is 10. The highest BCUT2D eigenvalue weighted by atomic mass is 32.1. The van der Waals surface area contributed by atoms with Crippen LogP contribution < -0.4 is 14.4 Å². The van der Waals surface area contributed by atoms with Crippen molar-refractivity contribution in [2.75, 3.05) is 46.3 Å². The Morgan fingerprint density at radius 1 is 1.16 bits per heavy atom. The van der Waals surface area contributed by atoms with Gasteiger partial charge in [0, 0.05) is 35.7 Å². The van der Waals surface area contributed by atoms with E-state index in [1.807, 2.05) is 20.2 Å². The van der Waals surface area contributed by atoms with Gasteiger partial charge in [-0.05, 0) is 39.2 Å². The summed E-state index contributed by atoms with van der Waals surface area (Å²) in [6, 6.07) is 6.69. The van der Waals surface area contributed by atoms with Crippen molar-refractivity contribution in [3.8, 4) is 11.5 Å². The van der Waals surface area contributed by atoms with E-state index in [2.05, 4.69) is 9.88 Å². The minimum Gasteiger partial charge on any atom is -0.493 e. The Bertz CT molecular complexity index is 1100. The van der Waals surface area contributed by atoms with Gasteiger partial charge < -0.3 is 14.4 Å². The van der Waals surface area contributed by atoms with E-state index in [1.165, 1.54) is 23.5 Å². The summed E-state index contributed by atoms with van der Waals surface area (Å²) in [6.07, 6.45) is 3.79. The largest absolute Gasteiger partial charge is 0.493 e. The zero-order chi connectivity index (χ0) is 23.3. The van der Waals surface area contributed by atoms with Crippen molar-refractivity contribution in [1.82, 2.24) is 9.88 Å². The van der Waals surface area contributed by atoms with Gasteiger partial charge in [-0.3, -0.25) is 19.8 Å². The van der Waals surface area contributed by atoms with Crippen LogP contribution in [0.3, 0.4) is 0 Å². The summed E-state index contributed by atoms with van der Waals surface area (Å²) >= 11 is 2.42. The third-order valence-corrected chi connectivity index (χ3v) is 6.59. The second-order valence-corrected chi connectivity index (χ2v) is 9.19. The smallest absolute Gasteiger partial charge is 0.324 e. The molecule has 1 aromatic carbocycles. The van der Waals surface area contributed by atoms with Gasteiger partial charge in [0.2, 0.25) is 0 Å². The normalized spacial score (nSPS) is 11.4. The average molecular weight is 477 g/mol. The van der Waals surface area contributed by atoms with E-state index in [9.17, 15) is 14.9 Å². The zero-order valence-electron chi connectivity index (χ0n) is 18.2. The molecule has 0 atom stereocenters. The second-order valence-electron chi connectivity index (χ2n) is 7.08. The fourth-order valence-electron chi connectivity index (χ4n) is 2.98. The number of carbonyl (C=O) groups is 1. The molecule has 0 aliphatic heterocycles. The van der Waals surface area contributed by atoms with Crippen LogP contribution in [-0.2, 0) is 4.79 Å². The average Bonchev–Trinajstić information content (AvgIpc) is 3.40. The molecule has 9 nitrogen and oxygen atoms in total. The molecule has 0 N–H and O–H groups in total. The summed E-state index contributed by atoms with van der Waals surface area (Å²) < 4.78 is 11.6. The molecule has 0 aliphatic rings. The van der Waals surface area contributed by atoms with E-state index in [1.54, 1.807) is 37.3 Å². The summed E-state index contributed by atoms with van der Waals surface area (Å²) in [5.74, 6) is 0.930. The first-order chi connectivity index (χ1) is 15.3. The lowest BCUT2D eigenvalue weighted by atomic mass is 10.3. The standard InChI is InChI=1S/C21H24N4O5S2/c1-23(2)10-5-11-24(19(26)8-6-14-7-9-20(31-14)25(27)28)21-22-15-12-16(29-3)17(30-4)13-18(15)32-21/h6-9,12-13H,5,10-11H2,1-4H3/b8-6+. The Morgan fingerprint density at radius 2 is 1.88 bits per heavy atom. The monoisotopic (exact) mass is 476 g/mol. The number of hydrogen-bond acceptors (Lipinski definition) is 9. The molecule has 0 spiro atoms. The maximum atomic E-state index is 13.1. The predicted octanol–water partition coefficient (Wildman–Crippen LogP) is 4.28. The van der Waals surface area contributed by atoms with Gasteiger partial charge in [0.15, 0.2) is 16.6 Å². The van der Waals surface area contributed by atoms with Crippen molar-refractivity contribution in [1.29, 1.82) is 0 Å². The quantitative estimate of drug-likeness (QED) is 0.245. The van der Waals surface area contributed by atoms with E-state index in [4.69, 9.17) is 9.47 Å². The number of hydrogen-bond donors (Lipinski definition) is 0. The molecule has 3 rings (SSSR count). The van der Waals surface area contributed by atoms with Crippen LogP contribution in [0.15, 0.2) is 30.3 Å². The summed E-state index contributed by atoms with van der Waals surface area (Å²) in [5, 5.41) is 11.5. The zero-order valence-corrected chi connectivity index (χ0v) is 19.9. The third kappa shape index (κ3) is 5.61. The van der Waals surface area contributed by atoms with E-state index in [0.717, 1.165) is 29.0 Å². The van der Waals surface area contributed by atoms with Crippen LogP contribution in [0.25, 0.3) is 16.3 Å². The molecule has 2 heterocycles. The minimum atomic E-state index is -0.443. The number of methoxy groups -OCH3 is 2. The first-order valence-corrected chi connectivity index (χ1v) is 11.4. The van der Waals surface area contributed by atoms with Gasteiger partial charge in [-0.25, -0.2) is 4.98 Å². The number of nitrogens with zero attached hydrogens (tertiary/aromatic N) is 4. The van der Waals surface area contributed by atoms with Crippen molar-refractivity contribution in [2.24, 2.45) is 0 Å². The molecule has 0 radical (unpaired) electrons. The highest BCUT2D eigenvalue weighted by Gasteiger charge is 2.19. The first-order valence-electron chi connectivity index (χ1n) is 9.73. The van der Waals surface area contributed by atoms with Crippen LogP contribution in [-0.4, -0.2) is 62.1 Å². The molecule has 0 saturated carbocycles. The topological polar surface area (TPSA) is 98.0 Å². The summed E-state index contributed by atoms with van der Waals surface area (Å²) in [5.41, 5.74) is 0.714. The van der Waals surface area contributed by atoms with Crippen molar-refractivity contribution >= 4 is 55.0 Å². The van der Waals surface area contributed by atoms with E-state index in [0.29, 0.717) is 33.6 Å². The molecule has 2 aromatic heterocycles. The number of aromatic nitrogens is 1. The van der Waals surface area contributed by atoms with Crippen molar-refractivity contribution in [3.63, 3.8) is 0 Å². The highest BCUT2D eigenvalue weighted by molar-refractivity contribution is 7.22. The molecule has 0 aliphatic carbocycles. The number of thiazole rings is 1. The van der Waals surface area contributed by atoms with Gasteiger partial charge in [-0.1, -0.05) is 22.7 Å². The van der Waals surface area contributed by atoms with Crippen LogP contribution in [0.1, 0.15) is 11.3 Å². The Labute approximate surface area is 193 Å². The highest BCUT2D eigenvalue weighted by Crippen LogP contribution is 2.37. The van der Waals surface area contributed by atoms with Crippen LogP contribution >= 0.6 is 22.7 Å². The Kier molecular flexibility index (Phi) is 7.78. The molecule has 0 fully saturated rings. The van der Waals surface area contributed by atoms with Gasteiger partial charge in [0.25, 0.3) is 5.91 Å². The molecule has 1 amide bonds. The van der Waals surface area contributed by atoms with E-state index in [-0.39, 0.29) is 10.9 Å². The number of thiophene rings is 1. The lowest BCUT2D eigenvalue weighted by molar-refractivity contribution is -0.380. The summed E-state index contributed by atoms with van der Waals surface area (Å²) in [7, 11) is 7.09. The van der Waals surface area contributed by atoms with Crippen molar-refractivity contribution < 1.29 is 19.2 Å². The number of nitro groups is 1. The van der Waals surface area contributed by atoms with Crippen molar-refractivity contribution in [2.45, 2.75) is 6.42 Å². The molecule has 0 unspecified atom stereocenters. The molecule has 32 heavy (non-hydrogen) atoms. The summed E-state index contributed by atoms with van der Waals surface area (Å²) in [4.78, 5) is 32.5. The van der Waals surface area contributed by atoms with Crippen LogP contribution in [0.4, 0.5) is 10.1 Å². The number of amides is 1. The fraction of sp³-hybridized carbons (Fsp3) is 0.333.